The van der Waals surface area contributed by atoms with Gasteiger partial charge >= 0.3 is 0 Å². The van der Waals surface area contributed by atoms with Crippen molar-refractivity contribution in [3.8, 4) is 0 Å². The second-order valence-corrected chi connectivity index (χ2v) is 6.23. The van der Waals surface area contributed by atoms with E-state index in [1.165, 1.54) is 17.3 Å². The molecule has 0 fully saturated rings. The van der Waals surface area contributed by atoms with Gasteiger partial charge in [0.1, 0.15) is 0 Å². The average Bonchev–Trinajstić information content (AvgIpc) is 2.43. The molecule has 0 aromatic heterocycles. The lowest BCUT2D eigenvalue weighted by molar-refractivity contribution is -0.120. The van der Waals surface area contributed by atoms with Crippen molar-refractivity contribution < 1.29 is 4.79 Å². The van der Waals surface area contributed by atoms with E-state index in [-0.39, 0.29) is 29.6 Å². The van der Waals surface area contributed by atoms with Gasteiger partial charge in [-0.2, -0.15) is 11.8 Å². The summed E-state index contributed by atoms with van der Waals surface area (Å²) in [5.41, 5.74) is 8.45. The number of nitrogens with two attached hydrogens (primary N) is 1. The number of carbonyl (C=O) groups is 1. The summed E-state index contributed by atoms with van der Waals surface area (Å²) in [6.07, 6.45) is 1.93. The number of halogens is 1. The summed E-state index contributed by atoms with van der Waals surface area (Å²) in [5.74, 6) is 0.564. The van der Waals surface area contributed by atoms with E-state index in [4.69, 9.17) is 5.73 Å². The van der Waals surface area contributed by atoms with Crippen molar-refractivity contribution >= 4 is 30.1 Å². The first kappa shape index (κ1) is 19.3. The molecule has 0 radical (unpaired) electrons. The van der Waals surface area contributed by atoms with Gasteiger partial charge in [0.2, 0.25) is 5.91 Å². The number of amides is 1. The molecule has 114 valence electrons. The van der Waals surface area contributed by atoms with Crippen LogP contribution in [-0.4, -0.2) is 24.0 Å². The van der Waals surface area contributed by atoms with E-state index in [2.05, 4.69) is 31.3 Å². The van der Waals surface area contributed by atoms with Crippen LogP contribution >= 0.6 is 24.2 Å². The summed E-state index contributed by atoms with van der Waals surface area (Å²) >= 11 is 1.53. The number of rotatable bonds is 6. The van der Waals surface area contributed by atoms with Gasteiger partial charge in [0.15, 0.2) is 0 Å². The molecule has 1 amide bonds. The fraction of sp³-hybridized carbons (Fsp3) is 0.533. The first-order valence-corrected chi connectivity index (χ1v) is 7.90. The Bertz CT molecular complexity index is 409. The molecule has 3 nitrogen and oxygen atoms in total. The van der Waals surface area contributed by atoms with E-state index in [0.29, 0.717) is 12.5 Å². The minimum absolute atomic E-state index is 0. The van der Waals surface area contributed by atoms with Crippen LogP contribution in [0.1, 0.15) is 43.9 Å². The van der Waals surface area contributed by atoms with Crippen LogP contribution in [0, 0.1) is 0 Å². The van der Waals surface area contributed by atoms with Crippen molar-refractivity contribution in [3.63, 3.8) is 0 Å². The van der Waals surface area contributed by atoms with E-state index in [0.717, 1.165) is 5.56 Å². The molecule has 1 aromatic rings. The van der Waals surface area contributed by atoms with Gasteiger partial charge in [-0.3, -0.25) is 4.79 Å². The zero-order valence-corrected chi connectivity index (χ0v) is 14.2. The van der Waals surface area contributed by atoms with Gasteiger partial charge in [-0.1, -0.05) is 38.1 Å². The van der Waals surface area contributed by atoms with Crippen LogP contribution in [0.2, 0.25) is 0 Å². The second kappa shape index (κ2) is 9.27. The lowest BCUT2D eigenvalue weighted by Gasteiger charge is -2.16. The standard InChI is InChI=1S/C15H24N2OS.ClH/c1-10(2)12-5-7-13(8-6-12)14(16)9-17-15(18)11(3)19-4;/h5-8,10-11,14H,9,16H2,1-4H3,(H,17,18);1H. The number of thioether (sulfide) groups is 1. The van der Waals surface area contributed by atoms with Crippen LogP contribution in [0.3, 0.4) is 0 Å². The quantitative estimate of drug-likeness (QED) is 0.848. The van der Waals surface area contributed by atoms with E-state index >= 15 is 0 Å². The lowest BCUT2D eigenvalue weighted by Crippen LogP contribution is -2.36. The fourth-order valence-corrected chi connectivity index (χ4v) is 2.00. The zero-order valence-electron chi connectivity index (χ0n) is 12.6. The Labute approximate surface area is 132 Å². The summed E-state index contributed by atoms with van der Waals surface area (Å²) < 4.78 is 0. The molecule has 2 atom stereocenters. The van der Waals surface area contributed by atoms with Crippen molar-refractivity contribution in [1.29, 1.82) is 0 Å². The Kier molecular flexibility index (Phi) is 8.94. The smallest absolute Gasteiger partial charge is 0.232 e. The molecule has 2 unspecified atom stereocenters. The highest BCUT2D eigenvalue weighted by atomic mass is 35.5. The molecule has 0 heterocycles. The van der Waals surface area contributed by atoms with Crippen LogP contribution in [0.5, 0.6) is 0 Å². The Morgan fingerprint density at radius 3 is 2.15 bits per heavy atom. The molecule has 0 aliphatic carbocycles. The van der Waals surface area contributed by atoms with Gasteiger partial charge in [0.25, 0.3) is 0 Å². The largest absolute Gasteiger partial charge is 0.353 e. The van der Waals surface area contributed by atoms with Crippen molar-refractivity contribution in [3.05, 3.63) is 35.4 Å². The molecule has 0 saturated heterocycles. The van der Waals surface area contributed by atoms with E-state index in [1.54, 1.807) is 0 Å². The third kappa shape index (κ3) is 5.73. The van der Waals surface area contributed by atoms with Crippen molar-refractivity contribution in [2.24, 2.45) is 5.73 Å². The van der Waals surface area contributed by atoms with Gasteiger partial charge in [0.05, 0.1) is 5.25 Å². The number of hydrogen-bond donors (Lipinski definition) is 2. The monoisotopic (exact) mass is 316 g/mol. The van der Waals surface area contributed by atoms with Crippen molar-refractivity contribution in [2.75, 3.05) is 12.8 Å². The predicted octanol–water partition coefficient (Wildman–Crippen LogP) is 3.10. The second-order valence-electron chi connectivity index (χ2n) is 5.05. The molecule has 0 saturated carbocycles. The van der Waals surface area contributed by atoms with E-state index < -0.39 is 0 Å². The van der Waals surface area contributed by atoms with E-state index in [1.807, 2.05) is 25.3 Å². The third-order valence-corrected chi connectivity index (χ3v) is 4.17. The average molecular weight is 317 g/mol. The highest BCUT2D eigenvalue weighted by Crippen LogP contribution is 2.17. The Morgan fingerprint density at radius 1 is 1.20 bits per heavy atom. The summed E-state index contributed by atoms with van der Waals surface area (Å²) in [4.78, 5) is 11.7. The highest BCUT2D eigenvalue weighted by molar-refractivity contribution is 7.99. The maximum atomic E-state index is 11.7. The maximum Gasteiger partial charge on any atom is 0.232 e. The van der Waals surface area contributed by atoms with Gasteiger partial charge in [-0.25, -0.2) is 0 Å². The Balaban J connectivity index is 0.00000361. The summed E-state index contributed by atoms with van der Waals surface area (Å²) in [7, 11) is 0. The summed E-state index contributed by atoms with van der Waals surface area (Å²) in [6, 6.07) is 8.14. The topological polar surface area (TPSA) is 55.1 Å². The molecule has 5 heteroatoms. The van der Waals surface area contributed by atoms with Crippen molar-refractivity contribution in [2.45, 2.75) is 38.0 Å². The van der Waals surface area contributed by atoms with Crippen LogP contribution < -0.4 is 11.1 Å². The van der Waals surface area contributed by atoms with Crippen molar-refractivity contribution in [1.82, 2.24) is 5.32 Å². The SMILES string of the molecule is CSC(C)C(=O)NCC(N)c1ccc(C(C)C)cc1.Cl. The van der Waals surface area contributed by atoms with Crippen LogP contribution in [0.15, 0.2) is 24.3 Å². The molecule has 0 aliphatic rings. The number of carbonyl (C=O) groups excluding carboxylic acids is 1. The molecule has 0 aliphatic heterocycles. The molecule has 20 heavy (non-hydrogen) atoms. The number of hydrogen-bond acceptors (Lipinski definition) is 3. The first-order chi connectivity index (χ1) is 8.95. The van der Waals surface area contributed by atoms with Crippen LogP contribution in [0.25, 0.3) is 0 Å². The highest BCUT2D eigenvalue weighted by Gasteiger charge is 2.13. The van der Waals surface area contributed by atoms with Gasteiger partial charge < -0.3 is 11.1 Å². The normalized spacial score (nSPS) is 13.5. The Hall–Kier alpha value is -0.710. The summed E-state index contributed by atoms with van der Waals surface area (Å²) in [5, 5.41) is 2.85. The van der Waals surface area contributed by atoms with Gasteiger partial charge in [-0.15, -0.1) is 12.4 Å². The van der Waals surface area contributed by atoms with Gasteiger partial charge in [-0.05, 0) is 30.2 Å². The maximum absolute atomic E-state index is 11.7. The fourth-order valence-electron chi connectivity index (χ4n) is 1.71. The molecule has 0 bridgehead atoms. The first-order valence-electron chi connectivity index (χ1n) is 6.61. The number of benzene rings is 1. The lowest BCUT2D eigenvalue weighted by atomic mass is 9.99. The van der Waals surface area contributed by atoms with E-state index in [9.17, 15) is 4.79 Å². The summed E-state index contributed by atoms with van der Waals surface area (Å²) in [6.45, 7) is 6.70. The molecule has 1 rings (SSSR count). The molecule has 0 spiro atoms. The zero-order chi connectivity index (χ0) is 14.4. The minimum Gasteiger partial charge on any atom is -0.353 e. The third-order valence-electron chi connectivity index (χ3n) is 3.25. The molecule has 3 N–H and O–H groups in total. The Morgan fingerprint density at radius 2 is 1.70 bits per heavy atom. The number of nitrogens with one attached hydrogen (secondary N) is 1. The van der Waals surface area contributed by atoms with Crippen LogP contribution in [-0.2, 0) is 4.79 Å². The predicted molar refractivity (Wildman–Crippen MR) is 90.7 cm³/mol. The van der Waals surface area contributed by atoms with Gasteiger partial charge in [0, 0.05) is 12.6 Å². The molecular weight excluding hydrogens is 292 g/mol. The molecular formula is C15H25ClN2OS. The molecule has 1 aromatic carbocycles. The van der Waals surface area contributed by atoms with Crippen LogP contribution in [0.4, 0.5) is 0 Å². The minimum atomic E-state index is -0.154.